The van der Waals surface area contributed by atoms with E-state index in [2.05, 4.69) is 15.7 Å². The molecule has 3 heterocycles. The lowest BCUT2D eigenvalue weighted by molar-refractivity contribution is -0.908. The van der Waals surface area contributed by atoms with Crippen molar-refractivity contribution in [2.45, 2.75) is 32.0 Å². The lowest BCUT2D eigenvalue weighted by Crippen LogP contribution is -2.55. The first-order chi connectivity index (χ1) is 22.3. The van der Waals surface area contributed by atoms with Crippen LogP contribution in [0.4, 0.5) is 23.7 Å². The van der Waals surface area contributed by atoms with Gasteiger partial charge in [0.25, 0.3) is 6.47 Å². The second-order valence-corrected chi connectivity index (χ2v) is 11.5. The second-order valence-electron chi connectivity index (χ2n) is 11.5. The number of nitriles is 1. The van der Waals surface area contributed by atoms with Crippen LogP contribution in [-0.4, -0.2) is 92.3 Å². The van der Waals surface area contributed by atoms with Crippen LogP contribution in [0, 0.1) is 16.7 Å². The lowest BCUT2D eigenvalue weighted by Gasteiger charge is -2.43. The summed E-state index contributed by atoms with van der Waals surface area (Å²) in [4.78, 5) is 39.7. The van der Waals surface area contributed by atoms with E-state index in [1.165, 1.54) is 26.2 Å². The zero-order chi connectivity index (χ0) is 34.5. The van der Waals surface area contributed by atoms with E-state index in [0.717, 1.165) is 79.3 Å². The largest absolute Gasteiger partial charge is 0.471 e. The number of nitrogens with one attached hydrogen (secondary N) is 1. The number of esters is 1. The summed E-state index contributed by atoms with van der Waals surface area (Å²) in [6.07, 6.45) is -3.34. The standard InChI is InChI=1S/C30H32F3N7O3.C2H4O2/c1-19-25(27(41)43-2)26(39(29(36)42)28(35)38(19)23-7-3-6-22(16-23)30(31,32)33)24-9-8-20(17-34)15-21(24)5-4-12-40-13-10-37(18-40)11-14-40;1-4-2-3/h3,6-9,15-16,26,35H,4-5,10-14,18H2,1-2H3,(H-,36,42);2H,1H3/p+1/t26-;/m1./s1. The minimum atomic E-state index is -4.66. The van der Waals surface area contributed by atoms with Crippen molar-refractivity contribution < 1.29 is 41.5 Å². The van der Waals surface area contributed by atoms with Crippen LogP contribution in [0.2, 0.25) is 0 Å². The molecule has 0 saturated carbocycles. The number of allylic oxidation sites excluding steroid dienone is 1. The number of guanidine groups is 1. The fraction of sp³-hybridized carbons (Fsp3) is 0.406. The summed E-state index contributed by atoms with van der Waals surface area (Å²) in [6.45, 7) is 8.11. The summed E-state index contributed by atoms with van der Waals surface area (Å²) in [5, 5.41) is 18.6. The molecule has 0 aromatic heterocycles. The molecule has 5 rings (SSSR count). The molecule has 250 valence electrons. The summed E-state index contributed by atoms with van der Waals surface area (Å²) in [7, 11) is 2.47. The Morgan fingerprint density at radius 3 is 2.38 bits per heavy atom. The zero-order valence-corrected chi connectivity index (χ0v) is 26.3. The zero-order valence-electron chi connectivity index (χ0n) is 26.3. The van der Waals surface area contributed by atoms with Gasteiger partial charge in [-0.25, -0.2) is 14.5 Å². The average Bonchev–Trinajstić information content (AvgIpc) is 3.65. The number of methoxy groups -OCH3 is 2. The van der Waals surface area contributed by atoms with Crippen LogP contribution in [0.1, 0.15) is 41.6 Å². The van der Waals surface area contributed by atoms with Crippen LogP contribution in [0.3, 0.4) is 0 Å². The van der Waals surface area contributed by atoms with Crippen molar-refractivity contribution in [3.8, 4) is 6.07 Å². The monoisotopic (exact) mass is 656 g/mol. The third-order valence-electron chi connectivity index (χ3n) is 8.79. The molecule has 2 aromatic carbocycles. The Morgan fingerprint density at radius 1 is 1.17 bits per heavy atom. The Morgan fingerprint density at radius 2 is 1.85 bits per heavy atom. The van der Waals surface area contributed by atoms with Gasteiger partial charge < -0.3 is 19.7 Å². The summed E-state index contributed by atoms with van der Waals surface area (Å²) >= 11 is 0. The molecule has 3 N–H and O–H groups in total. The summed E-state index contributed by atoms with van der Waals surface area (Å²) in [6, 6.07) is 9.02. The molecular formula is C32H37F3N7O5+. The molecule has 2 aromatic rings. The molecule has 1 atom stereocenters. The quantitative estimate of drug-likeness (QED) is 0.248. The second kappa shape index (κ2) is 14.2. The van der Waals surface area contributed by atoms with Crippen LogP contribution in [0.15, 0.2) is 53.7 Å². The number of piperazine rings is 1. The SMILES string of the molecule is COC(=O)C1=C(C)N(c2cccc(C(F)(F)F)c2)C(=N)N(C(N)=O)[C@@H]1c1ccc(C#N)cc1CCC[N+]12CCN(CC1)C2.COC=O. The average molecular weight is 657 g/mol. The van der Waals surface area contributed by atoms with E-state index in [9.17, 15) is 28.0 Å². The Labute approximate surface area is 270 Å². The number of hydrogen-bond acceptors (Lipinski definition) is 8. The predicted octanol–water partition coefficient (Wildman–Crippen LogP) is 3.73. The van der Waals surface area contributed by atoms with Gasteiger partial charge in [0.15, 0.2) is 0 Å². The number of amides is 2. The highest BCUT2D eigenvalue weighted by Crippen LogP contribution is 2.42. The number of nitrogens with two attached hydrogens (primary N) is 1. The number of anilines is 1. The molecule has 15 heteroatoms. The first-order valence-corrected chi connectivity index (χ1v) is 14.8. The van der Waals surface area contributed by atoms with Crippen LogP contribution in [-0.2, 0) is 31.7 Å². The lowest BCUT2D eigenvalue weighted by atomic mass is 9.87. The number of alkyl halides is 3. The third-order valence-corrected chi connectivity index (χ3v) is 8.79. The molecule has 3 aliphatic rings. The fourth-order valence-corrected chi connectivity index (χ4v) is 6.56. The van der Waals surface area contributed by atoms with Crippen LogP contribution < -0.4 is 10.6 Å². The van der Waals surface area contributed by atoms with Gasteiger partial charge in [-0.3, -0.25) is 20.0 Å². The van der Waals surface area contributed by atoms with Crippen LogP contribution in [0.25, 0.3) is 0 Å². The number of halogens is 3. The molecule has 0 aliphatic carbocycles. The van der Waals surface area contributed by atoms with Crippen molar-refractivity contribution in [1.29, 1.82) is 10.7 Å². The summed E-state index contributed by atoms with van der Waals surface area (Å²) in [5.74, 6) is -1.36. The fourth-order valence-electron chi connectivity index (χ4n) is 6.56. The Balaban J connectivity index is 0.00000118. The van der Waals surface area contributed by atoms with Crippen molar-refractivity contribution in [3.63, 3.8) is 0 Å². The first-order valence-electron chi connectivity index (χ1n) is 14.8. The van der Waals surface area contributed by atoms with Crippen molar-refractivity contribution in [2.24, 2.45) is 5.73 Å². The Kier molecular flexibility index (Phi) is 10.6. The first kappa shape index (κ1) is 34.9. The number of rotatable bonds is 8. The molecule has 3 aliphatic heterocycles. The molecule has 2 bridgehead atoms. The molecule has 12 nitrogen and oxygen atoms in total. The van der Waals surface area contributed by atoms with Gasteiger partial charge in [0.05, 0.1) is 69.7 Å². The molecule has 2 amide bonds. The smallest absolute Gasteiger partial charge is 0.416 e. The maximum atomic E-state index is 13.6. The number of fused-ring (bicyclic) bond motifs is 2. The minimum Gasteiger partial charge on any atom is -0.471 e. The van der Waals surface area contributed by atoms with E-state index in [1.807, 2.05) is 0 Å². The van der Waals surface area contributed by atoms with E-state index in [-0.39, 0.29) is 17.0 Å². The van der Waals surface area contributed by atoms with Crippen molar-refractivity contribution in [1.82, 2.24) is 9.80 Å². The molecule has 2 saturated heterocycles. The highest BCUT2D eigenvalue weighted by molar-refractivity contribution is 6.10. The van der Waals surface area contributed by atoms with E-state index in [1.54, 1.807) is 18.2 Å². The molecule has 47 heavy (non-hydrogen) atoms. The number of carbonyl (C=O) groups excluding carboxylic acids is 3. The normalized spacial score (nSPS) is 21.9. The number of hydrogen-bond donors (Lipinski definition) is 2. The van der Waals surface area contributed by atoms with Gasteiger partial charge >= 0.3 is 18.2 Å². The number of aryl methyl sites for hydroxylation is 1. The van der Waals surface area contributed by atoms with Gasteiger partial charge in [0.2, 0.25) is 5.96 Å². The number of nitrogens with zero attached hydrogens (tertiary/aromatic N) is 5. The molecule has 0 spiro atoms. The van der Waals surface area contributed by atoms with Crippen molar-refractivity contribution >= 4 is 30.1 Å². The molecule has 0 radical (unpaired) electrons. The van der Waals surface area contributed by atoms with Crippen molar-refractivity contribution in [2.75, 3.05) is 58.5 Å². The number of urea groups is 1. The number of benzene rings is 2. The number of carbonyl (C=O) groups is 3. The van der Waals surface area contributed by atoms with Crippen molar-refractivity contribution in [3.05, 3.63) is 76.0 Å². The highest BCUT2D eigenvalue weighted by Gasteiger charge is 2.45. The maximum Gasteiger partial charge on any atom is 0.416 e. The topological polar surface area (TPSA) is 153 Å². The van der Waals surface area contributed by atoms with Crippen LogP contribution in [0.5, 0.6) is 0 Å². The number of quaternary nitrogens is 1. The minimum absolute atomic E-state index is 0.0581. The van der Waals surface area contributed by atoms with E-state index in [0.29, 0.717) is 29.6 Å². The highest BCUT2D eigenvalue weighted by atomic mass is 19.4. The number of primary amides is 1. The molecule has 0 unspecified atom stereocenters. The van der Waals surface area contributed by atoms with E-state index >= 15 is 0 Å². The Hall–Kier alpha value is -4.94. The maximum absolute atomic E-state index is 13.6. The van der Waals surface area contributed by atoms with E-state index in [4.69, 9.17) is 20.7 Å². The molecule has 2 fully saturated rings. The van der Waals surface area contributed by atoms with E-state index < -0.39 is 35.7 Å². The van der Waals surface area contributed by atoms with Gasteiger partial charge in [-0.2, -0.15) is 18.4 Å². The van der Waals surface area contributed by atoms with Crippen LogP contribution >= 0.6 is 0 Å². The van der Waals surface area contributed by atoms with Gasteiger partial charge in [-0.15, -0.1) is 0 Å². The summed E-state index contributed by atoms with van der Waals surface area (Å²) < 4.78 is 50.6. The number of ether oxygens (including phenoxy) is 2. The van der Waals surface area contributed by atoms with Gasteiger partial charge in [-0.05, 0) is 54.8 Å². The Bertz CT molecular complexity index is 1610. The predicted molar refractivity (Wildman–Crippen MR) is 164 cm³/mol. The van der Waals surface area contributed by atoms with Gasteiger partial charge in [0, 0.05) is 17.8 Å². The van der Waals surface area contributed by atoms with Gasteiger partial charge in [0.1, 0.15) is 12.7 Å². The summed E-state index contributed by atoms with van der Waals surface area (Å²) in [5.41, 5.74) is 6.40. The molecular weight excluding hydrogens is 619 g/mol. The van der Waals surface area contributed by atoms with Gasteiger partial charge in [-0.1, -0.05) is 12.1 Å². The third kappa shape index (κ3) is 7.23.